The molecule has 2 atom stereocenters. The Hall–Kier alpha value is -2.29. The van der Waals surface area contributed by atoms with E-state index in [2.05, 4.69) is 9.43 Å². The van der Waals surface area contributed by atoms with Gasteiger partial charge in [0, 0.05) is 28.3 Å². The number of nitrogens with zero attached hydrogens (tertiary/aromatic N) is 4. The minimum atomic E-state index is -4.11. The zero-order valence-corrected chi connectivity index (χ0v) is 16.3. The average Bonchev–Trinajstić information content (AvgIpc) is 2.64. The summed E-state index contributed by atoms with van der Waals surface area (Å²) in [7, 11) is -4.11. The molecule has 0 aliphatic carbocycles. The Morgan fingerprint density at radius 2 is 1.74 bits per heavy atom. The Morgan fingerprint density at radius 1 is 1.19 bits per heavy atom. The maximum atomic E-state index is 11.7. The Labute approximate surface area is 159 Å². The molecular formula is C17H26N4O5S. The predicted molar refractivity (Wildman–Crippen MR) is 102 cm³/mol. The van der Waals surface area contributed by atoms with Gasteiger partial charge in [-0.15, -0.1) is 0 Å². The lowest BCUT2D eigenvalue weighted by Gasteiger charge is -2.26. The van der Waals surface area contributed by atoms with Gasteiger partial charge >= 0.3 is 6.09 Å². The normalized spacial score (nSPS) is 13.4. The van der Waals surface area contributed by atoms with Gasteiger partial charge in [-0.25, -0.2) is 13.2 Å². The van der Waals surface area contributed by atoms with Crippen LogP contribution in [0.1, 0.15) is 39.5 Å². The van der Waals surface area contributed by atoms with Crippen LogP contribution in [-0.2, 0) is 10.0 Å². The van der Waals surface area contributed by atoms with E-state index in [9.17, 15) is 23.4 Å². The molecule has 1 amide bonds. The van der Waals surface area contributed by atoms with Crippen molar-refractivity contribution in [2.75, 3.05) is 18.1 Å². The quantitative estimate of drug-likeness (QED) is 0.329. The highest BCUT2D eigenvalue weighted by molar-refractivity contribution is 7.90. The van der Waals surface area contributed by atoms with E-state index >= 15 is 0 Å². The number of carboxylic acid groups (broad SMARTS) is 1. The Balaban J connectivity index is 2.94. The molecule has 2 N–H and O–H groups in total. The number of carbonyl (C=O) groups is 1. The summed E-state index contributed by atoms with van der Waals surface area (Å²) in [4.78, 5) is 15.0. The number of benzene rings is 1. The fraction of sp³-hybridized carbons (Fsp3) is 0.588. The van der Waals surface area contributed by atoms with Gasteiger partial charge in [-0.3, -0.25) is 4.90 Å². The second-order valence-electron chi connectivity index (χ2n) is 6.34. The van der Waals surface area contributed by atoms with Crippen LogP contribution in [0.3, 0.4) is 0 Å². The molecule has 10 heteroatoms. The molecule has 2 unspecified atom stereocenters. The van der Waals surface area contributed by atoms with Gasteiger partial charge in [-0.1, -0.05) is 26.7 Å². The largest absolute Gasteiger partial charge is 0.465 e. The van der Waals surface area contributed by atoms with Gasteiger partial charge < -0.3 is 10.2 Å². The van der Waals surface area contributed by atoms with E-state index in [4.69, 9.17) is 5.53 Å². The van der Waals surface area contributed by atoms with Crippen molar-refractivity contribution in [2.45, 2.75) is 44.4 Å². The molecule has 0 saturated heterocycles. The lowest BCUT2D eigenvalue weighted by molar-refractivity contribution is 0.195. The number of hydrogen-bond donors (Lipinski definition) is 2. The molecule has 150 valence electrons. The minimum Gasteiger partial charge on any atom is -0.465 e. The van der Waals surface area contributed by atoms with Crippen LogP contribution in [0.25, 0.3) is 10.4 Å². The minimum absolute atomic E-state index is 0.119. The summed E-state index contributed by atoms with van der Waals surface area (Å²) in [6.45, 7) is 4.39. The van der Waals surface area contributed by atoms with Crippen molar-refractivity contribution in [2.24, 2.45) is 16.4 Å². The number of aliphatic hydroxyl groups excluding tert-OH is 1. The van der Waals surface area contributed by atoms with Crippen LogP contribution in [0.4, 0.5) is 10.5 Å². The SMILES string of the molecule is CCC(CO)CCC(CC)CN(C(=O)O)c1ccc(S(=O)(=O)N=[N+]=[N-])cc1. The van der Waals surface area contributed by atoms with Gasteiger partial charge in [-0.2, -0.15) is 0 Å². The van der Waals surface area contributed by atoms with Crippen LogP contribution >= 0.6 is 0 Å². The molecule has 0 radical (unpaired) electrons. The first kappa shape index (κ1) is 22.8. The lowest BCUT2D eigenvalue weighted by Crippen LogP contribution is -2.34. The second kappa shape index (κ2) is 10.8. The van der Waals surface area contributed by atoms with Crippen LogP contribution in [0.15, 0.2) is 33.7 Å². The highest BCUT2D eigenvalue weighted by atomic mass is 32.2. The maximum Gasteiger partial charge on any atom is 0.411 e. The monoisotopic (exact) mass is 398 g/mol. The van der Waals surface area contributed by atoms with Gasteiger partial charge in [0.1, 0.15) is 0 Å². The molecule has 0 aliphatic heterocycles. The third kappa shape index (κ3) is 6.74. The average molecular weight is 398 g/mol. The van der Waals surface area contributed by atoms with Crippen molar-refractivity contribution in [3.8, 4) is 0 Å². The number of azide groups is 1. The summed E-state index contributed by atoms with van der Waals surface area (Å²) in [6, 6.07) is 5.19. The Bertz CT molecular complexity index is 756. The van der Waals surface area contributed by atoms with E-state index in [1.165, 1.54) is 29.2 Å². The molecular weight excluding hydrogens is 372 g/mol. The fourth-order valence-electron chi connectivity index (χ4n) is 2.77. The number of aliphatic hydroxyl groups is 1. The van der Waals surface area contributed by atoms with Crippen LogP contribution < -0.4 is 4.90 Å². The van der Waals surface area contributed by atoms with Crippen molar-refractivity contribution < 1.29 is 23.4 Å². The number of amides is 1. The van der Waals surface area contributed by atoms with E-state index in [1.54, 1.807) is 0 Å². The summed E-state index contributed by atoms with van der Waals surface area (Å²) in [5, 5.41) is 18.9. The van der Waals surface area contributed by atoms with Crippen molar-refractivity contribution >= 4 is 21.8 Å². The smallest absolute Gasteiger partial charge is 0.411 e. The summed E-state index contributed by atoms with van der Waals surface area (Å²) in [6.07, 6.45) is 2.14. The molecule has 0 saturated carbocycles. The fourth-order valence-corrected chi connectivity index (χ4v) is 3.44. The van der Waals surface area contributed by atoms with Gasteiger partial charge in [-0.05, 0) is 54.5 Å². The van der Waals surface area contributed by atoms with Crippen LogP contribution in [-0.4, -0.2) is 37.9 Å². The molecule has 0 aliphatic rings. The highest BCUT2D eigenvalue weighted by Gasteiger charge is 2.21. The topological polar surface area (TPSA) is 144 Å². The molecule has 0 fully saturated rings. The summed E-state index contributed by atoms with van der Waals surface area (Å²) in [5.41, 5.74) is 8.65. The molecule has 1 aromatic carbocycles. The van der Waals surface area contributed by atoms with Gasteiger partial charge in [0.05, 0.1) is 4.90 Å². The molecule has 0 spiro atoms. The number of hydrogen-bond acceptors (Lipinski definition) is 4. The van der Waals surface area contributed by atoms with Gasteiger partial charge in [0.25, 0.3) is 10.0 Å². The van der Waals surface area contributed by atoms with Gasteiger partial charge in [0.15, 0.2) is 0 Å². The van der Waals surface area contributed by atoms with Gasteiger partial charge in [0.2, 0.25) is 0 Å². The summed E-state index contributed by atoms with van der Waals surface area (Å²) >= 11 is 0. The molecule has 0 bridgehead atoms. The van der Waals surface area contributed by atoms with E-state index in [1.807, 2.05) is 13.8 Å². The first-order valence-electron chi connectivity index (χ1n) is 8.81. The number of sulfonamides is 1. The maximum absolute atomic E-state index is 11.7. The Kier molecular flexibility index (Phi) is 9.07. The molecule has 9 nitrogen and oxygen atoms in total. The third-order valence-electron chi connectivity index (χ3n) is 4.66. The van der Waals surface area contributed by atoms with Crippen LogP contribution in [0, 0.1) is 11.8 Å². The van der Waals surface area contributed by atoms with E-state index in [0.717, 1.165) is 25.7 Å². The first-order chi connectivity index (χ1) is 12.8. The van der Waals surface area contributed by atoms with Crippen LogP contribution in [0.5, 0.6) is 0 Å². The molecule has 27 heavy (non-hydrogen) atoms. The molecule has 1 rings (SSSR count). The Morgan fingerprint density at radius 3 is 2.19 bits per heavy atom. The number of rotatable bonds is 11. The summed E-state index contributed by atoms with van der Waals surface area (Å²) in [5.74, 6) is 0.329. The van der Waals surface area contributed by atoms with Crippen molar-refractivity contribution in [3.05, 3.63) is 34.7 Å². The lowest BCUT2D eigenvalue weighted by atomic mass is 9.92. The standard InChI is InChI=1S/C17H26N4O5S/c1-3-13(5-6-14(4-2)12-22)11-21(17(23)24)15-7-9-16(10-8-15)27(25,26)20-19-18/h7-10,13-14,22H,3-6,11-12H2,1-2H3,(H,23,24). The predicted octanol–water partition coefficient (Wildman–Crippen LogP) is 3.99. The van der Waals surface area contributed by atoms with Crippen LogP contribution in [0.2, 0.25) is 0 Å². The molecule has 0 heterocycles. The zero-order valence-electron chi connectivity index (χ0n) is 15.5. The molecule has 1 aromatic rings. The highest BCUT2D eigenvalue weighted by Crippen LogP contribution is 2.24. The van der Waals surface area contributed by atoms with E-state index in [-0.39, 0.29) is 29.9 Å². The first-order valence-corrected chi connectivity index (χ1v) is 10.3. The zero-order chi connectivity index (χ0) is 20.4. The van der Waals surface area contributed by atoms with E-state index in [0.29, 0.717) is 5.69 Å². The van der Waals surface area contributed by atoms with Crippen molar-refractivity contribution in [1.82, 2.24) is 0 Å². The number of anilines is 1. The molecule has 0 aromatic heterocycles. The second-order valence-corrected chi connectivity index (χ2v) is 7.93. The summed E-state index contributed by atoms with van der Waals surface area (Å²) < 4.78 is 26.2. The van der Waals surface area contributed by atoms with Crippen molar-refractivity contribution in [3.63, 3.8) is 0 Å². The van der Waals surface area contributed by atoms with E-state index < -0.39 is 16.1 Å². The van der Waals surface area contributed by atoms with Crippen molar-refractivity contribution in [1.29, 1.82) is 0 Å². The third-order valence-corrected chi connectivity index (χ3v) is 5.81.